The molecule has 1 N–H and O–H groups in total. The number of amides is 1. The quantitative estimate of drug-likeness (QED) is 0.921. The molecule has 0 unspecified atom stereocenters. The number of carbonyl (C=O) groups excluding carboxylic acids is 1. The van der Waals surface area contributed by atoms with Crippen molar-refractivity contribution in [3.8, 4) is 0 Å². The Morgan fingerprint density at radius 2 is 2.19 bits per heavy atom. The molecule has 1 aliphatic heterocycles. The van der Waals surface area contributed by atoms with Crippen molar-refractivity contribution < 1.29 is 4.79 Å². The molecule has 2 fully saturated rings. The molecule has 1 saturated heterocycles. The van der Waals surface area contributed by atoms with Crippen molar-refractivity contribution in [3.05, 3.63) is 17.5 Å². The van der Waals surface area contributed by atoms with Gasteiger partial charge in [0.05, 0.1) is 5.92 Å². The Bertz CT molecular complexity index is 527. The fraction of sp³-hybridized carbons (Fsp3) is 0.688. The molecule has 1 aromatic rings. The summed E-state index contributed by atoms with van der Waals surface area (Å²) in [6.45, 7) is 6.29. The smallest absolute Gasteiger partial charge is 0.225 e. The predicted molar refractivity (Wildman–Crippen MR) is 82.4 cm³/mol. The number of aryl methyl sites for hydroxylation is 1. The van der Waals surface area contributed by atoms with Crippen molar-refractivity contribution >= 4 is 11.9 Å². The fourth-order valence-electron chi connectivity index (χ4n) is 3.11. The van der Waals surface area contributed by atoms with Gasteiger partial charge in [0, 0.05) is 36.9 Å². The number of carbonyl (C=O) groups is 1. The van der Waals surface area contributed by atoms with E-state index in [2.05, 4.69) is 21.3 Å². The lowest BCUT2D eigenvalue weighted by atomic mass is 9.83. The van der Waals surface area contributed by atoms with Gasteiger partial charge < -0.3 is 10.2 Å². The summed E-state index contributed by atoms with van der Waals surface area (Å²) in [6.07, 6.45) is 4.70. The maximum absolute atomic E-state index is 11.9. The molecule has 3 rings (SSSR count). The molecular weight excluding hydrogens is 264 g/mol. The minimum atomic E-state index is 0.0706. The second-order valence-electron chi connectivity index (χ2n) is 6.19. The number of nitrogens with zero attached hydrogens (tertiary/aromatic N) is 3. The molecule has 1 aromatic heterocycles. The van der Waals surface area contributed by atoms with Gasteiger partial charge in [0.15, 0.2) is 0 Å². The van der Waals surface area contributed by atoms with Crippen LogP contribution in [0.1, 0.15) is 49.9 Å². The summed E-state index contributed by atoms with van der Waals surface area (Å²) in [5, 5.41) is 2.91. The van der Waals surface area contributed by atoms with Crippen LogP contribution in [0.5, 0.6) is 0 Å². The third kappa shape index (κ3) is 3.01. The Morgan fingerprint density at radius 1 is 1.38 bits per heavy atom. The van der Waals surface area contributed by atoms with Crippen LogP contribution in [0.25, 0.3) is 0 Å². The number of nitrogens with one attached hydrogen (secondary N) is 1. The number of hydrogen-bond donors (Lipinski definition) is 1. The molecule has 1 aliphatic carbocycles. The van der Waals surface area contributed by atoms with Crippen LogP contribution in [0.4, 0.5) is 5.95 Å². The lowest BCUT2D eigenvalue weighted by Crippen LogP contribution is -2.33. The van der Waals surface area contributed by atoms with Gasteiger partial charge in [-0.2, -0.15) is 0 Å². The fourth-order valence-corrected chi connectivity index (χ4v) is 3.11. The average Bonchev–Trinajstić information content (AvgIpc) is 2.86. The summed E-state index contributed by atoms with van der Waals surface area (Å²) in [7, 11) is 0. The molecule has 1 saturated carbocycles. The first-order valence-corrected chi connectivity index (χ1v) is 8.05. The molecule has 0 radical (unpaired) electrons. The molecule has 1 amide bonds. The molecular formula is C16H24N4O. The summed E-state index contributed by atoms with van der Waals surface area (Å²) in [4.78, 5) is 23.4. The minimum absolute atomic E-state index is 0.0706. The second-order valence-corrected chi connectivity index (χ2v) is 6.19. The largest absolute Gasteiger partial charge is 0.356 e. The Hall–Kier alpha value is -1.65. The molecule has 0 aromatic carbocycles. The van der Waals surface area contributed by atoms with E-state index in [0.717, 1.165) is 31.2 Å². The number of aromatic nitrogens is 2. The highest BCUT2D eigenvalue weighted by atomic mass is 16.1. The van der Waals surface area contributed by atoms with Gasteiger partial charge in [0.2, 0.25) is 11.9 Å². The third-order valence-corrected chi connectivity index (χ3v) is 4.58. The van der Waals surface area contributed by atoms with Gasteiger partial charge in [-0.1, -0.05) is 6.42 Å². The van der Waals surface area contributed by atoms with Gasteiger partial charge in [-0.25, -0.2) is 9.97 Å². The van der Waals surface area contributed by atoms with Crippen molar-refractivity contribution in [1.82, 2.24) is 15.3 Å². The van der Waals surface area contributed by atoms with Crippen molar-refractivity contribution in [2.24, 2.45) is 5.92 Å². The lowest BCUT2D eigenvalue weighted by Gasteiger charge is -2.26. The summed E-state index contributed by atoms with van der Waals surface area (Å²) in [5.41, 5.74) is 2.22. The van der Waals surface area contributed by atoms with E-state index >= 15 is 0 Å². The van der Waals surface area contributed by atoms with Crippen LogP contribution in [0.15, 0.2) is 6.07 Å². The molecule has 0 spiro atoms. The molecule has 5 nitrogen and oxygen atoms in total. The van der Waals surface area contributed by atoms with E-state index in [1.54, 1.807) is 0 Å². The number of anilines is 1. The van der Waals surface area contributed by atoms with Gasteiger partial charge in [0.25, 0.3) is 0 Å². The van der Waals surface area contributed by atoms with Gasteiger partial charge in [0.1, 0.15) is 0 Å². The standard InChI is InChI=1S/C16H24N4O/c1-3-17-15(21)13-7-8-20(10-13)16-18-11(2)9-14(19-16)12-5-4-6-12/h9,12-13H,3-8,10H2,1-2H3,(H,17,21)/t13-/m0/s1. The summed E-state index contributed by atoms with van der Waals surface area (Å²) in [5.74, 6) is 1.66. The Kier molecular flexibility index (Phi) is 4.08. The van der Waals surface area contributed by atoms with E-state index < -0.39 is 0 Å². The van der Waals surface area contributed by atoms with Crippen LogP contribution in [0.2, 0.25) is 0 Å². The Balaban J connectivity index is 1.72. The topological polar surface area (TPSA) is 58.1 Å². The lowest BCUT2D eigenvalue weighted by molar-refractivity contribution is -0.124. The van der Waals surface area contributed by atoms with Crippen LogP contribution in [0.3, 0.4) is 0 Å². The van der Waals surface area contributed by atoms with Crippen LogP contribution in [0, 0.1) is 12.8 Å². The average molecular weight is 288 g/mol. The van der Waals surface area contributed by atoms with Crippen molar-refractivity contribution in [1.29, 1.82) is 0 Å². The monoisotopic (exact) mass is 288 g/mol. The molecule has 5 heteroatoms. The van der Waals surface area contributed by atoms with E-state index in [4.69, 9.17) is 4.98 Å². The van der Waals surface area contributed by atoms with Gasteiger partial charge in [-0.05, 0) is 39.2 Å². The van der Waals surface area contributed by atoms with E-state index in [-0.39, 0.29) is 11.8 Å². The highest BCUT2D eigenvalue weighted by Crippen LogP contribution is 2.36. The highest BCUT2D eigenvalue weighted by molar-refractivity contribution is 5.79. The predicted octanol–water partition coefficient (Wildman–Crippen LogP) is 2.01. The van der Waals surface area contributed by atoms with Crippen molar-refractivity contribution in [2.75, 3.05) is 24.5 Å². The van der Waals surface area contributed by atoms with Crippen molar-refractivity contribution in [3.63, 3.8) is 0 Å². The van der Waals surface area contributed by atoms with Crippen LogP contribution >= 0.6 is 0 Å². The molecule has 114 valence electrons. The van der Waals surface area contributed by atoms with Gasteiger partial charge >= 0.3 is 0 Å². The van der Waals surface area contributed by atoms with Crippen LogP contribution in [-0.4, -0.2) is 35.5 Å². The van der Waals surface area contributed by atoms with E-state index in [9.17, 15) is 4.79 Å². The minimum Gasteiger partial charge on any atom is -0.356 e. The van der Waals surface area contributed by atoms with E-state index in [0.29, 0.717) is 12.5 Å². The van der Waals surface area contributed by atoms with Gasteiger partial charge in [-0.3, -0.25) is 4.79 Å². The molecule has 2 heterocycles. The highest BCUT2D eigenvalue weighted by Gasteiger charge is 2.30. The third-order valence-electron chi connectivity index (χ3n) is 4.58. The Morgan fingerprint density at radius 3 is 2.86 bits per heavy atom. The maximum atomic E-state index is 11.9. The molecule has 1 atom stereocenters. The van der Waals surface area contributed by atoms with Crippen LogP contribution < -0.4 is 10.2 Å². The molecule has 0 bridgehead atoms. The first-order valence-electron chi connectivity index (χ1n) is 8.05. The first kappa shape index (κ1) is 14.3. The summed E-state index contributed by atoms with van der Waals surface area (Å²) < 4.78 is 0. The zero-order valence-corrected chi connectivity index (χ0v) is 12.9. The van der Waals surface area contributed by atoms with Crippen LogP contribution in [-0.2, 0) is 4.79 Å². The second kappa shape index (κ2) is 6.00. The summed E-state index contributed by atoms with van der Waals surface area (Å²) >= 11 is 0. The maximum Gasteiger partial charge on any atom is 0.225 e. The molecule has 2 aliphatic rings. The van der Waals surface area contributed by atoms with Gasteiger partial charge in [-0.15, -0.1) is 0 Å². The van der Waals surface area contributed by atoms with E-state index in [1.807, 2.05) is 13.8 Å². The van der Waals surface area contributed by atoms with E-state index in [1.165, 1.54) is 25.0 Å². The summed E-state index contributed by atoms with van der Waals surface area (Å²) in [6, 6.07) is 2.12. The first-order chi connectivity index (χ1) is 10.2. The Labute approximate surface area is 126 Å². The zero-order valence-electron chi connectivity index (χ0n) is 12.9. The van der Waals surface area contributed by atoms with Crippen molar-refractivity contribution in [2.45, 2.75) is 45.4 Å². The number of hydrogen-bond acceptors (Lipinski definition) is 4. The normalized spacial score (nSPS) is 22.2. The molecule has 21 heavy (non-hydrogen) atoms. The zero-order chi connectivity index (χ0) is 14.8. The number of rotatable bonds is 4. The SMILES string of the molecule is CCNC(=O)[C@H]1CCN(c2nc(C)cc(C3CCC3)n2)C1.